The molecule has 5 rings (SSSR count). The highest BCUT2D eigenvalue weighted by Gasteiger charge is 2.55. The van der Waals surface area contributed by atoms with Crippen LogP contribution in [0.15, 0.2) is 108 Å². The minimum Gasteiger partial charge on any atom is -0.452 e. The lowest BCUT2D eigenvalue weighted by atomic mass is 9.90. The van der Waals surface area contributed by atoms with E-state index in [1.807, 2.05) is 44.4 Å². The monoisotopic (exact) mass is 687 g/mol. The predicted molar refractivity (Wildman–Crippen MR) is 188 cm³/mol. The second-order valence-corrected chi connectivity index (χ2v) is 14.7. The van der Waals surface area contributed by atoms with Crippen LogP contribution in [-0.4, -0.2) is 67.1 Å². The Kier molecular flexibility index (Phi) is 11.5. The van der Waals surface area contributed by atoms with Crippen molar-refractivity contribution in [2.45, 2.75) is 61.4 Å². The Morgan fingerprint density at radius 3 is 2.02 bits per heavy atom. The zero-order chi connectivity index (χ0) is 35.1. The van der Waals surface area contributed by atoms with Crippen LogP contribution in [0, 0.1) is 5.82 Å². The number of benzene rings is 4. The normalized spacial score (nSPS) is 20.9. The molecule has 1 N–H and O–H groups in total. The average Bonchev–Trinajstić information content (AvgIpc) is 3.09. The van der Waals surface area contributed by atoms with Gasteiger partial charge in [0.2, 0.25) is 5.91 Å². The molecular formula is C39H42FNO7S. The molecular weight excluding hydrogens is 645 g/mol. The van der Waals surface area contributed by atoms with Crippen molar-refractivity contribution in [2.75, 3.05) is 19.9 Å². The third kappa shape index (κ3) is 8.57. The number of carbonyl (C=O) groups is 3. The fraction of sp³-hybridized carbons (Fsp3) is 0.308. The molecule has 5 atom stereocenters. The first-order valence-electron chi connectivity index (χ1n) is 16.1. The molecule has 258 valence electrons. The number of thiol groups is 1. The van der Waals surface area contributed by atoms with Crippen molar-refractivity contribution in [2.24, 2.45) is 0 Å². The summed E-state index contributed by atoms with van der Waals surface area (Å²) in [5.41, 5.74) is 1.42. The third-order valence-electron chi connectivity index (χ3n) is 8.56. The summed E-state index contributed by atoms with van der Waals surface area (Å²) in [6.45, 7) is 5.60. The van der Waals surface area contributed by atoms with Crippen molar-refractivity contribution in [1.82, 2.24) is 5.32 Å². The van der Waals surface area contributed by atoms with Crippen molar-refractivity contribution in [3.8, 4) is 11.1 Å². The van der Waals surface area contributed by atoms with Gasteiger partial charge in [0.25, 0.3) is 0 Å². The molecule has 1 saturated heterocycles. The van der Waals surface area contributed by atoms with Gasteiger partial charge in [0.05, 0.1) is 16.7 Å². The molecule has 4 aromatic carbocycles. The maximum absolute atomic E-state index is 14.5. The molecule has 49 heavy (non-hydrogen) atoms. The van der Waals surface area contributed by atoms with Crippen LogP contribution in [0.1, 0.15) is 47.1 Å². The van der Waals surface area contributed by atoms with Crippen LogP contribution in [0.4, 0.5) is 4.39 Å². The number of methoxy groups -OCH3 is 1. The van der Waals surface area contributed by atoms with Crippen LogP contribution in [0.25, 0.3) is 11.1 Å². The smallest absolute Gasteiger partial charge is 0.338 e. The average molecular weight is 688 g/mol. The molecule has 1 amide bonds. The first-order chi connectivity index (χ1) is 23.5. The van der Waals surface area contributed by atoms with E-state index in [-0.39, 0.29) is 11.7 Å². The minimum absolute atomic E-state index is 0.133. The molecule has 1 aliphatic heterocycles. The number of rotatable bonds is 11. The second-order valence-electron chi connectivity index (χ2n) is 12.4. The van der Waals surface area contributed by atoms with Gasteiger partial charge < -0.3 is 24.3 Å². The number of hydrogen-bond acceptors (Lipinski definition) is 7. The van der Waals surface area contributed by atoms with E-state index in [4.69, 9.17) is 18.9 Å². The molecule has 8 nitrogen and oxygen atoms in total. The number of amides is 1. The maximum atomic E-state index is 14.5. The molecule has 0 aromatic heterocycles. The van der Waals surface area contributed by atoms with E-state index in [2.05, 4.69) is 5.32 Å². The van der Waals surface area contributed by atoms with Crippen molar-refractivity contribution in [1.29, 1.82) is 0 Å². The maximum Gasteiger partial charge on any atom is 0.338 e. The molecule has 2 unspecified atom stereocenters. The summed E-state index contributed by atoms with van der Waals surface area (Å²) in [6.07, 6.45) is -0.308. The number of esters is 2. The van der Waals surface area contributed by atoms with Gasteiger partial charge in [-0.1, -0.05) is 54.6 Å². The van der Waals surface area contributed by atoms with Crippen LogP contribution in [0.5, 0.6) is 0 Å². The van der Waals surface area contributed by atoms with Crippen molar-refractivity contribution >= 4 is 28.7 Å². The second kappa shape index (κ2) is 15.8. The van der Waals surface area contributed by atoms with E-state index < -0.39 is 52.2 Å². The van der Waals surface area contributed by atoms with E-state index in [0.29, 0.717) is 29.7 Å². The van der Waals surface area contributed by atoms with Gasteiger partial charge in [-0.3, -0.25) is 4.79 Å². The van der Waals surface area contributed by atoms with Gasteiger partial charge in [-0.2, -0.15) is 0 Å². The van der Waals surface area contributed by atoms with Crippen LogP contribution in [0.3, 0.4) is 0 Å². The predicted octanol–water partition coefficient (Wildman–Crippen LogP) is 6.76. The summed E-state index contributed by atoms with van der Waals surface area (Å²) >= 11 is 0. The molecule has 10 heteroatoms. The number of hydrogen-bond donors (Lipinski definition) is 2. The van der Waals surface area contributed by atoms with Crippen LogP contribution >= 0.6 is 10.9 Å². The Hall–Kier alpha value is -4.51. The molecule has 4 aromatic rings. The van der Waals surface area contributed by atoms with E-state index in [0.717, 1.165) is 16.0 Å². The largest absolute Gasteiger partial charge is 0.452 e. The number of ether oxygens (including phenoxy) is 4. The van der Waals surface area contributed by atoms with Crippen LogP contribution < -0.4 is 5.32 Å². The number of halogens is 1. The number of carbonyl (C=O) groups excluding carboxylic acids is 3. The lowest BCUT2D eigenvalue weighted by Crippen LogP contribution is -2.64. The molecule has 0 saturated carbocycles. The molecule has 0 radical (unpaired) electrons. The van der Waals surface area contributed by atoms with Gasteiger partial charge >= 0.3 is 11.9 Å². The SMILES string of the molecule is CO[C@@H]1[C@@H](OC(=O)c2ccccc2)[C@@H](OC(=O)c2ccccc2)C([SH](C)c2ccc(CCNC(C)=O)c(-c3cccc(F)c3)c2)OC1(C)C. The summed E-state index contributed by atoms with van der Waals surface area (Å²) in [6, 6.07) is 29.5. The molecule has 0 aliphatic carbocycles. The molecule has 0 bridgehead atoms. The Morgan fingerprint density at radius 1 is 0.837 bits per heavy atom. The highest BCUT2D eigenvalue weighted by molar-refractivity contribution is 8.17. The van der Waals surface area contributed by atoms with Gasteiger partial charge in [-0.05, 0) is 96.6 Å². The van der Waals surface area contributed by atoms with Gasteiger partial charge in [0.1, 0.15) is 17.4 Å². The van der Waals surface area contributed by atoms with E-state index in [1.54, 1.807) is 66.7 Å². The van der Waals surface area contributed by atoms with Gasteiger partial charge in [-0.25, -0.2) is 24.9 Å². The van der Waals surface area contributed by atoms with E-state index >= 15 is 0 Å². The summed E-state index contributed by atoms with van der Waals surface area (Å²) in [5.74, 6) is -1.67. The standard InChI is InChI=1S/C39H42FNO7S/c1-25(42)41-22-21-26-19-20-31(24-32(26)29-17-12-18-30(40)23-29)49(5)38-34(47-37(44)28-15-10-7-11-16-28)33(35(45-4)39(2,3)48-38)46-36(43)27-13-8-6-9-14-27/h6-20,23-24,33-35,38,49H,21-22H2,1-5H3,(H,41,42)/t33-,34+,35+,38?/m0/s1. The Bertz CT molecular complexity index is 1770. The first-order valence-corrected chi connectivity index (χ1v) is 17.9. The third-order valence-corrected chi connectivity index (χ3v) is 10.8. The highest BCUT2D eigenvalue weighted by Crippen LogP contribution is 2.49. The Balaban J connectivity index is 1.57. The van der Waals surface area contributed by atoms with E-state index in [1.165, 1.54) is 26.2 Å². The lowest BCUT2D eigenvalue weighted by Gasteiger charge is -2.51. The van der Waals surface area contributed by atoms with Crippen molar-refractivity contribution in [3.63, 3.8) is 0 Å². The lowest BCUT2D eigenvalue weighted by molar-refractivity contribution is -0.240. The molecule has 1 fully saturated rings. The highest BCUT2D eigenvalue weighted by atomic mass is 32.2. The molecule has 1 aliphatic rings. The summed E-state index contributed by atoms with van der Waals surface area (Å²) < 4.78 is 39.6. The summed E-state index contributed by atoms with van der Waals surface area (Å²) in [5, 5.41) is 2.83. The Labute approximate surface area is 289 Å². The Morgan fingerprint density at radius 2 is 1.45 bits per heavy atom. The number of nitrogens with one attached hydrogen (secondary N) is 1. The minimum atomic E-state index is -1.28. The zero-order valence-electron chi connectivity index (χ0n) is 28.2. The van der Waals surface area contributed by atoms with Crippen LogP contribution in [-0.2, 0) is 30.2 Å². The van der Waals surface area contributed by atoms with Crippen molar-refractivity contribution < 1.29 is 37.7 Å². The van der Waals surface area contributed by atoms with Gasteiger partial charge in [0.15, 0.2) is 12.2 Å². The molecule has 1 heterocycles. The van der Waals surface area contributed by atoms with Crippen LogP contribution in [0.2, 0.25) is 0 Å². The van der Waals surface area contributed by atoms with E-state index in [9.17, 15) is 18.8 Å². The fourth-order valence-electron chi connectivity index (χ4n) is 6.13. The quantitative estimate of drug-likeness (QED) is 0.133. The summed E-state index contributed by atoms with van der Waals surface area (Å²) in [7, 11) is 0.229. The van der Waals surface area contributed by atoms with Gasteiger partial charge in [-0.15, -0.1) is 0 Å². The van der Waals surface area contributed by atoms with Crippen molar-refractivity contribution in [3.05, 3.63) is 126 Å². The summed E-state index contributed by atoms with van der Waals surface area (Å²) in [4.78, 5) is 39.6. The fourth-order valence-corrected chi connectivity index (χ4v) is 8.16. The first kappa shape index (κ1) is 35.8. The topological polar surface area (TPSA) is 100 Å². The zero-order valence-corrected chi connectivity index (χ0v) is 29.1. The molecule has 0 spiro atoms. The van der Waals surface area contributed by atoms with Gasteiger partial charge in [0, 0.05) is 20.6 Å².